The first-order chi connectivity index (χ1) is 19.7. The lowest BCUT2D eigenvalue weighted by Crippen LogP contribution is -2.54. The van der Waals surface area contributed by atoms with E-state index in [4.69, 9.17) is 9.47 Å². The molecule has 1 aliphatic heterocycles. The van der Waals surface area contributed by atoms with Crippen molar-refractivity contribution in [3.63, 3.8) is 0 Å². The van der Waals surface area contributed by atoms with Crippen molar-refractivity contribution in [3.8, 4) is 0 Å². The van der Waals surface area contributed by atoms with Gasteiger partial charge < -0.3 is 14.4 Å². The van der Waals surface area contributed by atoms with Gasteiger partial charge in [-0.1, -0.05) is 66.7 Å². The highest BCUT2D eigenvalue weighted by Crippen LogP contribution is 2.32. The third kappa shape index (κ3) is 9.45. The summed E-state index contributed by atoms with van der Waals surface area (Å²) in [5, 5.41) is 5.31. The summed E-state index contributed by atoms with van der Waals surface area (Å²) in [6.45, 7) is 5.42. The van der Waals surface area contributed by atoms with E-state index in [9.17, 15) is 14.4 Å². The second-order valence-electron chi connectivity index (χ2n) is 11.0. The van der Waals surface area contributed by atoms with E-state index in [1.54, 1.807) is 28.0 Å². The Labute approximate surface area is 250 Å². The first-order valence-corrected chi connectivity index (χ1v) is 15.9. The van der Waals surface area contributed by atoms with Gasteiger partial charge in [-0.25, -0.2) is 0 Å². The number of nitrogens with zero attached hydrogens (tertiary/aromatic N) is 1. The molecule has 3 aromatic rings. The number of benzene rings is 2. The van der Waals surface area contributed by atoms with Crippen LogP contribution in [-0.4, -0.2) is 58.5 Å². The quantitative estimate of drug-likeness (QED) is 0.297. The Morgan fingerprint density at radius 2 is 1.66 bits per heavy atom. The molecule has 1 aliphatic rings. The number of aryl methyl sites for hydroxylation is 1. The van der Waals surface area contributed by atoms with E-state index in [0.29, 0.717) is 24.3 Å². The maximum Gasteiger partial charge on any atom is 0.326 e. The first kappa shape index (κ1) is 30.8. The van der Waals surface area contributed by atoms with E-state index >= 15 is 0 Å². The number of rotatable bonds is 11. The molecular weight excluding hydrogens is 556 g/mol. The van der Waals surface area contributed by atoms with Gasteiger partial charge in [-0.15, -0.1) is 11.3 Å². The second-order valence-corrected chi connectivity index (χ2v) is 13.1. The fourth-order valence-electron chi connectivity index (χ4n) is 4.65. The summed E-state index contributed by atoms with van der Waals surface area (Å²) in [5.74, 6) is 0.0285. The minimum atomic E-state index is -0.699. The summed E-state index contributed by atoms with van der Waals surface area (Å²) < 4.78 is 11.3. The molecule has 0 bridgehead atoms. The molecule has 2 heterocycles. The number of ether oxygens (including phenoxy) is 2. The Balaban J connectivity index is 1.53. The zero-order valence-corrected chi connectivity index (χ0v) is 25.4. The number of thioether (sulfide) groups is 1. The highest BCUT2D eigenvalue weighted by molar-refractivity contribution is 7.99. The van der Waals surface area contributed by atoms with Gasteiger partial charge in [-0.05, 0) is 56.2 Å². The van der Waals surface area contributed by atoms with Crippen LogP contribution in [0.2, 0.25) is 0 Å². The average molecular weight is 595 g/mol. The Morgan fingerprint density at radius 3 is 2.29 bits per heavy atom. The van der Waals surface area contributed by atoms with Gasteiger partial charge >= 0.3 is 11.9 Å². The second kappa shape index (κ2) is 14.7. The number of thiophene rings is 1. The lowest BCUT2D eigenvalue weighted by molar-refractivity contribution is -0.160. The summed E-state index contributed by atoms with van der Waals surface area (Å²) in [4.78, 5) is 43.0. The molecule has 2 aromatic carbocycles. The fraction of sp³-hybridized carbons (Fsp3) is 0.406. The molecule has 0 aliphatic carbocycles. The molecular formula is C32H38N2O5S2. The smallest absolute Gasteiger partial charge is 0.326 e. The van der Waals surface area contributed by atoms with E-state index < -0.39 is 29.6 Å². The minimum absolute atomic E-state index is 0.155. The number of esters is 2. The molecule has 218 valence electrons. The lowest BCUT2D eigenvalue weighted by atomic mass is 10.0. The Morgan fingerprint density at radius 1 is 0.976 bits per heavy atom. The van der Waals surface area contributed by atoms with Crippen LogP contribution < -0.4 is 5.32 Å². The third-order valence-corrected chi connectivity index (χ3v) is 8.68. The SMILES string of the molecule is CC(C)(C)OC(=O)CN1C(=O)[C@@H](NC(CCc2ccccc2)C(=O)OCc2ccccc2)CSC[C@H]1c1cccs1. The predicted octanol–water partition coefficient (Wildman–Crippen LogP) is 5.41. The molecule has 7 nitrogen and oxygen atoms in total. The molecule has 1 amide bonds. The van der Waals surface area contributed by atoms with Gasteiger partial charge in [-0.3, -0.25) is 19.7 Å². The predicted molar refractivity (Wildman–Crippen MR) is 164 cm³/mol. The van der Waals surface area contributed by atoms with Gasteiger partial charge in [0.25, 0.3) is 0 Å². The molecule has 1 fully saturated rings. The van der Waals surface area contributed by atoms with Gasteiger partial charge in [0, 0.05) is 16.4 Å². The third-order valence-electron chi connectivity index (χ3n) is 6.58. The Hall–Kier alpha value is -3.14. The number of carbonyl (C=O) groups excluding carboxylic acids is 3. The molecule has 0 radical (unpaired) electrons. The van der Waals surface area contributed by atoms with Crippen LogP contribution in [0, 0.1) is 0 Å². The highest BCUT2D eigenvalue weighted by atomic mass is 32.2. The molecule has 1 aromatic heterocycles. The molecule has 0 saturated carbocycles. The fourth-order valence-corrected chi connectivity index (χ4v) is 6.78. The minimum Gasteiger partial charge on any atom is -0.460 e. The summed E-state index contributed by atoms with van der Waals surface area (Å²) in [6.07, 6.45) is 1.11. The average Bonchev–Trinajstić information content (AvgIpc) is 3.44. The van der Waals surface area contributed by atoms with Crippen molar-refractivity contribution in [2.75, 3.05) is 18.1 Å². The van der Waals surface area contributed by atoms with Crippen LogP contribution in [0.15, 0.2) is 78.2 Å². The van der Waals surface area contributed by atoms with Crippen LogP contribution in [-0.2, 0) is 36.9 Å². The maximum atomic E-state index is 14.1. The standard InChI is InChI=1S/C32H38N2O5S2/c1-32(2,3)39-29(35)19-34-27(28-15-10-18-41-28)22-40-21-26(30(34)36)33-25(17-16-23-11-6-4-7-12-23)31(37)38-20-24-13-8-5-9-14-24/h4-15,18,25-27,33H,16-17,19-22H2,1-3H3/t25?,26-,27-/m0/s1. The van der Waals surface area contributed by atoms with Crippen molar-refractivity contribution in [2.24, 2.45) is 0 Å². The number of nitrogens with one attached hydrogen (secondary N) is 1. The summed E-state index contributed by atoms with van der Waals surface area (Å²) in [7, 11) is 0. The van der Waals surface area contributed by atoms with Crippen molar-refractivity contribution in [1.29, 1.82) is 0 Å². The molecule has 3 atom stereocenters. The van der Waals surface area contributed by atoms with Gasteiger partial charge in [0.2, 0.25) is 5.91 Å². The van der Waals surface area contributed by atoms with Crippen LogP contribution in [0.5, 0.6) is 0 Å². The first-order valence-electron chi connectivity index (χ1n) is 13.8. The van der Waals surface area contributed by atoms with Crippen LogP contribution in [0.1, 0.15) is 49.2 Å². The van der Waals surface area contributed by atoms with E-state index in [1.165, 1.54) is 0 Å². The summed E-state index contributed by atoms with van der Waals surface area (Å²) >= 11 is 3.19. The number of hydrogen-bond donors (Lipinski definition) is 1. The van der Waals surface area contributed by atoms with Crippen LogP contribution >= 0.6 is 23.1 Å². The van der Waals surface area contributed by atoms with Crippen molar-refractivity contribution in [1.82, 2.24) is 10.2 Å². The highest BCUT2D eigenvalue weighted by Gasteiger charge is 2.38. The van der Waals surface area contributed by atoms with E-state index in [0.717, 1.165) is 16.0 Å². The Bertz CT molecular complexity index is 1260. The lowest BCUT2D eigenvalue weighted by Gasteiger charge is -2.32. The number of carbonyl (C=O) groups is 3. The molecule has 0 spiro atoms. The summed E-state index contributed by atoms with van der Waals surface area (Å²) in [6, 6.07) is 21.8. The van der Waals surface area contributed by atoms with Gasteiger partial charge in [0.05, 0.1) is 12.1 Å². The zero-order chi connectivity index (χ0) is 29.2. The zero-order valence-electron chi connectivity index (χ0n) is 23.8. The van der Waals surface area contributed by atoms with Crippen LogP contribution in [0.3, 0.4) is 0 Å². The van der Waals surface area contributed by atoms with Gasteiger partial charge in [0.15, 0.2) is 0 Å². The maximum absolute atomic E-state index is 14.1. The van der Waals surface area contributed by atoms with Crippen molar-refractivity contribution >= 4 is 40.9 Å². The Kier molecular flexibility index (Phi) is 11.0. The van der Waals surface area contributed by atoms with E-state index in [1.807, 2.05) is 98.9 Å². The normalized spacial score (nSPS) is 18.4. The van der Waals surface area contributed by atoms with Crippen molar-refractivity contribution in [2.45, 2.75) is 63.9 Å². The molecule has 41 heavy (non-hydrogen) atoms. The topological polar surface area (TPSA) is 84.9 Å². The van der Waals surface area contributed by atoms with Gasteiger partial charge in [-0.2, -0.15) is 11.8 Å². The van der Waals surface area contributed by atoms with Gasteiger partial charge in [0.1, 0.15) is 24.8 Å². The van der Waals surface area contributed by atoms with E-state index in [-0.39, 0.29) is 25.1 Å². The van der Waals surface area contributed by atoms with Crippen molar-refractivity contribution < 1.29 is 23.9 Å². The molecule has 1 saturated heterocycles. The van der Waals surface area contributed by atoms with E-state index in [2.05, 4.69) is 5.32 Å². The summed E-state index contributed by atoms with van der Waals surface area (Å²) in [5.41, 5.74) is 1.33. The van der Waals surface area contributed by atoms with Crippen LogP contribution in [0.4, 0.5) is 0 Å². The number of amides is 1. The van der Waals surface area contributed by atoms with Crippen molar-refractivity contribution in [3.05, 3.63) is 94.2 Å². The van der Waals surface area contributed by atoms with Crippen LogP contribution in [0.25, 0.3) is 0 Å². The monoisotopic (exact) mass is 594 g/mol. The molecule has 9 heteroatoms. The number of hydrogen-bond acceptors (Lipinski definition) is 8. The molecule has 1 unspecified atom stereocenters. The largest absolute Gasteiger partial charge is 0.460 e. The molecule has 4 rings (SSSR count). The molecule has 1 N–H and O–H groups in total.